The summed E-state index contributed by atoms with van der Waals surface area (Å²) in [6.07, 6.45) is 2.99. The normalized spacial score (nSPS) is 9.83. The molecule has 0 saturated heterocycles. The van der Waals surface area contributed by atoms with E-state index in [0.717, 1.165) is 19.3 Å². The molecule has 0 atom stereocenters. The molecule has 0 unspecified atom stereocenters. The molecule has 0 aliphatic carbocycles. The van der Waals surface area contributed by atoms with E-state index in [1.807, 2.05) is 6.07 Å². The van der Waals surface area contributed by atoms with Crippen molar-refractivity contribution < 1.29 is 14.3 Å². The Morgan fingerprint density at radius 1 is 1.17 bits per heavy atom. The number of methoxy groups -OCH3 is 1. The van der Waals surface area contributed by atoms with Crippen molar-refractivity contribution in [3.8, 4) is 0 Å². The number of hydrazine groups is 1. The Bertz CT molecular complexity index is 555. The summed E-state index contributed by atoms with van der Waals surface area (Å²) in [6.45, 7) is 0.665. The van der Waals surface area contributed by atoms with Crippen LogP contribution < -0.4 is 16.2 Å². The number of rotatable bonds is 7. The van der Waals surface area contributed by atoms with Gasteiger partial charge in [-0.2, -0.15) is 0 Å². The zero-order valence-corrected chi connectivity index (χ0v) is 15.3. The summed E-state index contributed by atoms with van der Waals surface area (Å²) >= 11 is 8.39. The minimum Gasteiger partial charge on any atom is -0.469 e. The average Bonchev–Trinajstić information content (AvgIpc) is 2.55. The molecule has 0 aliphatic rings. The summed E-state index contributed by atoms with van der Waals surface area (Å²) in [4.78, 5) is 22.9. The molecular formula is C15H20BrN3O3S. The largest absolute Gasteiger partial charge is 0.469 e. The third-order valence-electron chi connectivity index (χ3n) is 2.98. The van der Waals surface area contributed by atoms with Gasteiger partial charge in [0.25, 0.3) is 5.91 Å². The number of ether oxygens (including phenoxy) is 1. The van der Waals surface area contributed by atoms with Crippen LogP contribution in [0.1, 0.15) is 36.0 Å². The summed E-state index contributed by atoms with van der Waals surface area (Å²) in [6, 6.07) is 7.12. The fourth-order valence-corrected chi connectivity index (χ4v) is 2.36. The highest BCUT2D eigenvalue weighted by molar-refractivity contribution is 9.10. The molecule has 1 rings (SSSR count). The zero-order chi connectivity index (χ0) is 17.1. The molecule has 0 radical (unpaired) electrons. The molecule has 0 saturated carbocycles. The second-order valence-electron chi connectivity index (χ2n) is 4.70. The topological polar surface area (TPSA) is 79.5 Å². The van der Waals surface area contributed by atoms with Gasteiger partial charge in [-0.3, -0.25) is 20.4 Å². The summed E-state index contributed by atoms with van der Waals surface area (Å²) < 4.78 is 5.28. The maximum atomic E-state index is 11.9. The number of hydrogen-bond acceptors (Lipinski definition) is 4. The summed E-state index contributed by atoms with van der Waals surface area (Å²) in [5.74, 6) is -0.468. The lowest BCUT2D eigenvalue weighted by molar-refractivity contribution is -0.140. The Hall–Kier alpha value is -1.67. The van der Waals surface area contributed by atoms with Crippen molar-refractivity contribution in [3.63, 3.8) is 0 Å². The molecule has 0 fully saturated rings. The van der Waals surface area contributed by atoms with Crippen LogP contribution in [0.4, 0.5) is 0 Å². The molecule has 23 heavy (non-hydrogen) atoms. The fraction of sp³-hybridized carbons (Fsp3) is 0.400. The van der Waals surface area contributed by atoms with E-state index >= 15 is 0 Å². The number of thiocarbonyl (C=S) groups is 1. The second-order valence-corrected chi connectivity index (χ2v) is 5.96. The van der Waals surface area contributed by atoms with Gasteiger partial charge in [-0.1, -0.05) is 18.6 Å². The number of amides is 1. The Balaban J connectivity index is 2.14. The Kier molecular flexibility index (Phi) is 9.23. The number of carbonyl (C=O) groups excluding carboxylic acids is 2. The molecule has 1 aromatic rings. The quantitative estimate of drug-likeness (QED) is 0.281. The van der Waals surface area contributed by atoms with Gasteiger partial charge in [0.05, 0.1) is 12.7 Å². The van der Waals surface area contributed by atoms with Gasteiger partial charge in [-0.25, -0.2) is 0 Å². The van der Waals surface area contributed by atoms with Crippen LogP contribution in [0.5, 0.6) is 0 Å². The van der Waals surface area contributed by atoms with Crippen LogP contribution in [0, 0.1) is 0 Å². The highest BCUT2D eigenvalue weighted by atomic mass is 79.9. The molecule has 1 amide bonds. The predicted octanol–water partition coefficient (Wildman–Crippen LogP) is 2.29. The van der Waals surface area contributed by atoms with Gasteiger partial charge in [0.1, 0.15) is 0 Å². The van der Waals surface area contributed by atoms with Crippen LogP contribution in [0.3, 0.4) is 0 Å². The molecule has 0 aromatic heterocycles. The lowest BCUT2D eigenvalue weighted by atomic mass is 10.2. The van der Waals surface area contributed by atoms with E-state index in [2.05, 4.69) is 36.8 Å². The molecule has 6 nitrogen and oxygen atoms in total. The highest BCUT2D eigenvalue weighted by Gasteiger charge is 2.08. The monoisotopic (exact) mass is 401 g/mol. The predicted molar refractivity (Wildman–Crippen MR) is 95.8 cm³/mol. The molecule has 3 N–H and O–H groups in total. The fourth-order valence-electron chi connectivity index (χ4n) is 1.75. The number of carbonyl (C=O) groups is 2. The minimum absolute atomic E-state index is 0.190. The van der Waals surface area contributed by atoms with Gasteiger partial charge in [-0.15, -0.1) is 0 Å². The molecule has 8 heteroatoms. The summed E-state index contributed by atoms with van der Waals surface area (Å²) in [5.41, 5.74) is 5.70. The maximum absolute atomic E-state index is 11.9. The molecule has 0 bridgehead atoms. The average molecular weight is 402 g/mol. The third-order valence-corrected chi connectivity index (χ3v) is 3.92. The van der Waals surface area contributed by atoms with Crippen molar-refractivity contribution in [2.24, 2.45) is 0 Å². The molecule has 126 valence electrons. The number of unbranched alkanes of at least 4 members (excludes halogenated alkanes) is 2. The van der Waals surface area contributed by atoms with E-state index < -0.39 is 0 Å². The molecule has 0 spiro atoms. The second kappa shape index (κ2) is 11.0. The Morgan fingerprint density at radius 2 is 1.91 bits per heavy atom. The zero-order valence-electron chi connectivity index (χ0n) is 12.9. The van der Waals surface area contributed by atoms with Crippen LogP contribution in [-0.4, -0.2) is 30.6 Å². The first kappa shape index (κ1) is 19.4. The van der Waals surface area contributed by atoms with E-state index in [1.54, 1.807) is 18.2 Å². The summed E-state index contributed by atoms with van der Waals surface area (Å²) in [7, 11) is 1.39. The summed E-state index contributed by atoms with van der Waals surface area (Å²) in [5, 5.41) is 3.33. The first-order valence-electron chi connectivity index (χ1n) is 7.20. The van der Waals surface area contributed by atoms with Gasteiger partial charge in [-0.05, 0) is 53.1 Å². The number of halogens is 1. The van der Waals surface area contributed by atoms with E-state index in [4.69, 9.17) is 12.2 Å². The Labute approximate surface area is 149 Å². The van der Waals surface area contributed by atoms with Crippen molar-refractivity contribution in [1.29, 1.82) is 0 Å². The lowest BCUT2D eigenvalue weighted by Crippen LogP contribution is -2.47. The Morgan fingerprint density at radius 3 is 2.61 bits per heavy atom. The van der Waals surface area contributed by atoms with Gasteiger partial charge in [0, 0.05) is 17.4 Å². The number of esters is 1. The molecule has 1 aromatic carbocycles. The third kappa shape index (κ3) is 7.94. The minimum atomic E-state index is -0.278. The van der Waals surface area contributed by atoms with Crippen LogP contribution in [0.15, 0.2) is 28.7 Å². The van der Waals surface area contributed by atoms with Crippen LogP contribution >= 0.6 is 28.1 Å². The van der Waals surface area contributed by atoms with Crippen molar-refractivity contribution >= 4 is 45.1 Å². The van der Waals surface area contributed by atoms with Crippen molar-refractivity contribution in [2.75, 3.05) is 13.7 Å². The first-order chi connectivity index (χ1) is 11.0. The SMILES string of the molecule is COC(=O)CCCCCNC(=S)NNC(=O)c1ccccc1Br. The first-order valence-corrected chi connectivity index (χ1v) is 8.40. The molecular weight excluding hydrogens is 382 g/mol. The van der Waals surface area contributed by atoms with Crippen molar-refractivity contribution in [3.05, 3.63) is 34.3 Å². The molecule has 0 aliphatic heterocycles. The van der Waals surface area contributed by atoms with Gasteiger partial charge in [0.2, 0.25) is 0 Å². The number of hydrogen-bond donors (Lipinski definition) is 3. The van der Waals surface area contributed by atoms with Crippen LogP contribution in [-0.2, 0) is 9.53 Å². The lowest BCUT2D eigenvalue weighted by Gasteiger charge is -2.12. The molecule has 0 heterocycles. The van der Waals surface area contributed by atoms with Crippen LogP contribution in [0.25, 0.3) is 0 Å². The van der Waals surface area contributed by atoms with Crippen LogP contribution in [0.2, 0.25) is 0 Å². The smallest absolute Gasteiger partial charge is 0.305 e. The standard InChI is InChI=1S/C15H20BrN3O3S/c1-22-13(20)9-3-2-6-10-17-15(23)19-18-14(21)11-7-4-5-8-12(11)16/h4-5,7-8H,2-3,6,9-10H2,1H3,(H,18,21)(H2,17,19,23). The van der Waals surface area contributed by atoms with Gasteiger partial charge >= 0.3 is 5.97 Å². The maximum Gasteiger partial charge on any atom is 0.305 e. The number of benzene rings is 1. The van der Waals surface area contributed by atoms with E-state index in [-0.39, 0.29) is 11.9 Å². The van der Waals surface area contributed by atoms with E-state index in [1.165, 1.54) is 7.11 Å². The van der Waals surface area contributed by atoms with Crippen molar-refractivity contribution in [2.45, 2.75) is 25.7 Å². The number of nitrogens with one attached hydrogen (secondary N) is 3. The van der Waals surface area contributed by atoms with Gasteiger partial charge in [0.15, 0.2) is 5.11 Å². The van der Waals surface area contributed by atoms with E-state index in [9.17, 15) is 9.59 Å². The van der Waals surface area contributed by atoms with Gasteiger partial charge < -0.3 is 10.1 Å². The van der Waals surface area contributed by atoms with Crippen molar-refractivity contribution in [1.82, 2.24) is 16.2 Å². The highest BCUT2D eigenvalue weighted by Crippen LogP contribution is 2.15. The van der Waals surface area contributed by atoms with E-state index in [0.29, 0.717) is 28.1 Å².